The molecule has 0 aromatic carbocycles. The molecular weight excluding hydrogens is 425 g/mol. The number of hydrazone groups is 1. The van der Waals surface area contributed by atoms with Crippen LogP contribution in [0.15, 0.2) is 10.1 Å². The first-order chi connectivity index (χ1) is 11.3. The zero-order valence-electron chi connectivity index (χ0n) is 14.0. The summed E-state index contributed by atoms with van der Waals surface area (Å²) in [7, 11) is 0. The summed E-state index contributed by atoms with van der Waals surface area (Å²) in [5.41, 5.74) is -0.511. The van der Waals surface area contributed by atoms with Gasteiger partial charge in [-0.3, -0.25) is 9.79 Å². The first-order valence-electron chi connectivity index (χ1n) is 8.08. The summed E-state index contributed by atoms with van der Waals surface area (Å²) in [6, 6.07) is -0.400. The van der Waals surface area contributed by atoms with Gasteiger partial charge in [-0.15, -0.1) is 0 Å². The lowest BCUT2D eigenvalue weighted by Crippen LogP contribution is -2.53. The van der Waals surface area contributed by atoms with E-state index in [-0.39, 0.29) is 22.0 Å². The quantitative estimate of drug-likeness (QED) is 0.376. The third-order valence-corrected chi connectivity index (χ3v) is 5.07. The second-order valence-corrected chi connectivity index (χ2v) is 8.44. The molecule has 0 bridgehead atoms. The van der Waals surface area contributed by atoms with Gasteiger partial charge in [0, 0.05) is 19.0 Å². The van der Waals surface area contributed by atoms with Crippen molar-refractivity contribution in [1.82, 2.24) is 15.2 Å². The molecule has 3 aliphatic heterocycles. The van der Waals surface area contributed by atoms with Crippen LogP contribution in [0.4, 0.5) is 4.79 Å². The Balaban J connectivity index is 1.72. The second kappa shape index (κ2) is 6.49. The van der Waals surface area contributed by atoms with Crippen molar-refractivity contribution in [2.45, 2.75) is 49.3 Å². The monoisotopic (exact) mass is 447 g/mol. The molecule has 1 saturated heterocycles. The minimum Gasteiger partial charge on any atom is -0.444 e. The van der Waals surface area contributed by atoms with E-state index in [4.69, 9.17) is 4.74 Å². The van der Waals surface area contributed by atoms with Crippen molar-refractivity contribution in [3.8, 4) is 0 Å². The van der Waals surface area contributed by atoms with E-state index in [1.807, 2.05) is 20.8 Å². The Bertz CT molecular complexity index is 600. The molecule has 3 unspecified atom stereocenters. The van der Waals surface area contributed by atoms with Gasteiger partial charge in [-0.2, -0.15) is 5.10 Å². The maximum Gasteiger partial charge on any atom is 0.410 e. The lowest BCUT2D eigenvalue weighted by molar-refractivity contribution is -0.123. The predicted octanol–water partition coefficient (Wildman–Crippen LogP) is 1.55. The number of rotatable bonds is 1. The molecule has 0 radical (unpaired) electrons. The highest BCUT2D eigenvalue weighted by Crippen LogP contribution is 2.31. The number of hydrogen-bond donors (Lipinski definition) is 1. The van der Waals surface area contributed by atoms with E-state index >= 15 is 0 Å². The molecule has 9 heteroatoms. The molecule has 1 N–H and O–H groups in total. The van der Waals surface area contributed by atoms with Crippen molar-refractivity contribution in [3.05, 3.63) is 0 Å². The number of amides is 2. The predicted molar refractivity (Wildman–Crippen MR) is 98.0 cm³/mol. The van der Waals surface area contributed by atoms with E-state index in [9.17, 15) is 9.59 Å². The van der Waals surface area contributed by atoms with Crippen molar-refractivity contribution < 1.29 is 14.3 Å². The van der Waals surface area contributed by atoms with Crippen LogP contribution in [0.5, 0.6) is 0 Å². The van der Waals surface area contributed by atoms with Crippen LogP contribution in [0.25, 0.3) is 0 Å². The van der Waals surface area contributed by atoms with Gasteiger partial charge in [0.25, 0.3) is 5.91 Å². The molecule has 8 nitrogen and oxygen atoms in total. The van der Waals surface area contributed by atoms with Crippen LogP contribution in [-0.4, -0.2) is 62.9 Å². The summed E-state index contributed by atoms with van der Waals surface area (Å²) in [5.74, 6) is 0.762. The molecule has 3 rings (SSSR count). The Morgan fingerprint density at radius 3 is 2.92 bits per heavy atom. The Hall–Kier alpha value is -1.39. The first-order valence-corrected chi connectivity index (χ1v) is 9.32. The minimum atomic E-state index is -0.511. The van der Waals surface area contributed by atoms with Crippen LogP contribution >= 0.6 is 22.6 Å². The highest BCUT2D eigenvalue weighted by molar-refractivity contribution is 14.1. The lowest BCUT2D eigenvalue weighted by Gasteiger charge is -2.36. The van der Waals surface area contributed by atoms with E-state index in [2.05, 4.69) is 38.0 Å². The number of amidine groups is 1. The van der Waals surface area contributed by atoms with E-state index in [0.717, 1.165) is 18.7 Å². The smallest absolute Gasteiger partial charge is 0.410 e. The minimum absolute atomic E-state index is 0.0663. The van der Waals surface area contributed by atoms with Gasteiger partial charge in [0.1, 0.15) is 21.8 Å². The van der Waals surface area contributed by atoms with Gasteiger partial charge in [0.05, 0.1) is 0 Å². The van der Waals surface area contributed by atoms with Crippen molar-refractivity contribution in [2.75, 3.05) is 13.1 Å². The van der Waals surface area contributed by atoms with Crippen molar-refractivity contribution in [1.29, 1.82) is 0 Å². The van der Waals surface area contributed by atoms with E-state index in [0.29, 0.717) is 13.1 Å². The van der Waals surface area contributed by atoms with Gasteiger partial charge >= 0.3 is 6.09 Å². The average molecular weight is 447 g/mol. The number of fused-ring (bicyclic) bond motifs is 1. The highest BCUT2D eigenvalue weighted by Gasteiger charge is 2.45. The maximum atomic E-state index is 12.3. The third-order valence-electron chi connectivity index (χ3n) is 4.11. The SMILES string of the molecule is CC(C)(C)OC(=O)N1CCCC(C2=NC(I)C3C(=O)NC=NN23)C1. The van der Waals surface area contributed by atoms with Crippen LogP contribution in [0.1, 0.15) is 33.6 Å². The molecule has 0 spiro atoms. The fourth-order valence-electron chi connectivity index (χ4n) is 3.09. The molecule has 2 amide bonds. The number of hydrogen-bond acceptors (Lipinski definition) is 6. The number of nitrogens with zero attached hydrogens (tertiary/aromatic N) is 4. The number of piperidine rings is 1. The summed E-state index contributed by atoms with van der Waals surface area (Å²) in [6.07, 6.45) is 2.90. The molecule has 24 heavy (non-hydrogen) atoms. The Kier molecular flexibility index (Phi) is 4.71. The van der Waals surface area contributed by atoms with Crippen molar-refractivity contribution in [3.63, 3.8) is 0 Å². The standard InChI is InChI=1S/C15H22IN5O3/c1-15(2,3)24-14(23)20-6-4-5-9(7-20)12-19-11(16)10-13(22)17-8-18-21(10)12/h8-11H,4-7H2,1-3H3,(H,17,18,22). The van der Waals surface area contributed by atoms with Crippen LogP contribution in [0.2, 0.25) is 0 Å². The van der Waals surface area contributed by atoms with Crippen molar-refractivity contribution in [2.24, 2.45) is 16.0 Å². The Morgan fingerprint density at radius 2 is 2.21 bits per heavy atom. The van der Waals surface area contributed by atoms with Gasteiger partial charge < -0.3 is 15.0 Å². The molecule has 3 atom stereocenters. The second-order valence-electron chi connectivity index (χ2n) is 7.17. The van der Waals surface area contributed by atoms with Gasteiger partial charge in [-0.05, 0) is 33.6 Å². The van der Waals surface area contributed by atoms with Gasteiger partial charge in [-0.25, -0.2) is 9.80 Å². The summed E-state index contributed by atoms with van der Waals surface area (Å²) < 4.78 is 5.30. The molecule has 0 saturated carbocycles. The van der Waals surface area contributed by atoms with E-state index < -0.39 is 11.6 Å². The summed E-state index contributed by atoms with van der Waals surface area (Å²) >= 11 is 2.16. The summed E-state index contributed by atoms with van der Waals surface area (Å²) in [5, 5.41) is 8.62. The molecule has 3 aliphatic rings. The molecular formula is C15H22IN5O3. The Morgan fingerprint density at radius 1 is 1.46 bits per heavy atom. The van der Waals surface area contributed by atoms with E-state index in [1.54, 1.807) is 9.91 Å². The van der Waals surface area contributed by atoms with Gasteiger partial charge in [-0.1, -0.05) is 22.6 Å². The largest absolute Gasteiger partial charge is 0.444 e. The molecule has 1 fully saturated rings. The topological polar surface area (TPSA) is 86.6 Å². The fraction of sp³-hybridized carbons (Fsp3) is 0.733. The van der Waals surface area contributed by atoms with Crippen LogP contribution in [0, 0.1) is 5.92 Å². The number of alkyl halides is 1. The van der Waals surface area contributed by atoms with Crippen LogP contribution in [0.3, 0.4) is 0 Å². The molecule has 132 valence electrons. The number of halogens is 1. The molecule has 0 aromatic rings. The number of likely N-dealkylation sites (tertiary alicyclic amines) is 1. The number of nitrogens with one attached hydrogen (secondary N) is 1. The molecule has 3 heterocycles. The lowest BCUT2D eigenvalue weighted by atomic mass is 9.96. The van der Waals surface area contributed by atoms with Gasteiger partial charge in [0.2, 0.25) is 0 Å². The third kappa shape index (κ3) is 3.50. The number of carbonyl (C=O) groups excluding carboxylic acids is 2. The Labute approximate surface area is 154 Å². The first kappa shape index (κ1) is 17.4. The number of ether oxygens (including phenoxy) is 1. The zero-order valence-corrected chi connectivity index (χ0v) is 16.2. The van der Waals surface area contributed by atoms with Crippen LogP contribution < -0.4 is 5.32 Å². The zero-order chi connectivity index (χ0) is 17.5. The summed E-state index contributed by atoms with van der Waals surface area (Å²) in [4.78, 5) is 30.7. The fourth-order valence-corrected chi connectivity index (χ4v) is 4.01. The van der Waals surface area contributed by atoms with Crippen molar-refractivity contribution >= 4 is 46.8 Å². The average Bonchev–Trinajstić information content (AvgIpc) is 2.84. The number of aliphatic imine (C=N–C) groups is 1. The highest BCUT2D eigenvalue weighted by atomic mass is 127. The normalized spacial score (nSPS) is 29.9. The molecule has 0 aromatic heterocycles. The summed E-state index contributed by atoms with van der Waals surface area (Å²) in [6.45, 7) is 6.80. The van der Waals surface area contributed by atoms with E-state index in [1.165, 1.54) is 6.34 Å². The van der Waals surface area contributed by atoms with Crippen LogP contribution in [-0.2, 0) is 9.53 Å². The number of carbonyl (C=O) groups is 2. The maximum absolute atomic E-state index is 12.3. The molecule has 0 aliphatic carbocycles. The van der Waals surface area contributed by atoms with Gasteiger partial charge in [0.15, 0.2) is 6.04 Å².